The number of halogens is 3. The summed E-state index contributed by atoms with van der Waals surface area (Å²) >= 11 is 0. The zero-order chi connectivity index (χ0) is 27.4. The van der Waals surface area contributed by atoms with Crippen LogP contribution in [0, 0.1) is 41.4 Å². The largest absolute Gasteiger partial charge is 0.392 e. The Hall–Kier alpha value is -1.39. The summed E-state index contributed by atoms with van der Waals surface area (Å²) in [5.41, 5.74) is 6.61. The molecule has 2 amide bonds. The van der Waals surface area contributed by atoms with Gasteiger partial charge >= 0.3 is 6.18 Å². The molecule has 0 radical (unpaired) electrons. The van der Waals surface area contributed by atoms with Crippen molar-refractivity contribution in [2.45, 2.75) is 103 Å². The van der Waals surface area contributed by atoms with Crippen LogP contribution in [-0.2, 0) is 9.59 Å². The minimum absolute atomic E-state index is 0.0156. The van der Waals surface area contributed by atoms with Gasteiger partial charge in [-0.05, 0) is 69.1 Å². The first-order valence-corrected chi connectivity index (χ1v) is 14.8. The van der Waals surface area contributed by atoms with Crippen LogP contribution in [0.5, 0.6) is 0 Å². The van der Waals surface area contributed by atoms with E-state index in [-0.39, 0.29) is 49.8 Å². The number of carbonyl (C=O) groups is 2. The second-order valence-electron chi connectivity index (χ2n) is 13.2. The van der Waals surface area contributed by atoms with E-state index in [0.29, 0.717) is 30.2 Å². The van der Waals surface area contributed by atoms with Gasteiger partial charge < -0.3 is 14.9 Å². The number of hydrazine groups is 1. The fourth-order valence-corrected chi connectivity index (χ4v) is 8.38. The van der Waals surface area contributed by atoms with Crippen molar-refractivity contribution in [2.24, 2.45) is 41.4 Å². The van der Waals surface area contributed by atoms with Gasteiger partial charge in [-0.3, -0.25) is 20.4 Å². The Balaban J connectivity index is 1.28. The molecular weight excluding hydrogens is 497 g/mol. The quantitative estimate of drug-likeness (QED) is 0.497. The van der Waals surface area contributed by atoms with E-state index in [1.807, 2.05) is 6.92 Å². The summed E-state index contributed by atoms with van der Waals surface area (Å²) in [5.74, 6) is -3.02. The molecule has 5 aliphatic rings. The number of carbonyl (C=O) groups excluding carboxylic acids is 2. The van der Waals surface area contributed by atoms with Gasteiger partial charge in [-0.25, -0.2) is 0 Å². The lowest BCUT2D eigenvalue weighted by Crippen LogP contribution is -2.47. The Morgan fingerprint density at radius 2 is 1.89 bits per heavy atom. The third-order valence-corrected chi connectivity index (χ3v) is 10.7. The van der Waals surface area contributed by atoms with Crippen molar-refractivity contribution in [2.75, 3.05) is 19.6 Å². The highest BCUT2D eigenvalue weighted by Crippen LogP contribution is 2.51. The van der Waals surface area contributed by atoms with Crippen molar-refractivity contribution in [3.05, 3.63) is 0 Å². The van der Waals surface area contributed by atoms with Gasteiger partial charge in [0.25, 0.3) is 0 Å². The number of alkyl halides is 3. The van der Waals surface area contributed by atoms with Crippen LogP contribution in [0.3, 0.4) is 0 Å². The molecule has 8 unspecified atom stereocenters. The number of hydrogen-bond acceptors (Lipinski definition) is 5. The SMILES string of the molecule is CC1CNNC1C[C@@H](C)C1CCCC(N2CC3C(CC(C(=O)N4C[C@@H](O)C[C@H]4C)CC3C(F)(F)F)C2=O)C1. The highest BCUT2D eigenvalue weighted by Gasteiger charge is 2.59. The monoisotopic (exact) mass is 542 g/mol. The molecule has 3 aliphatic heterocycles. The standard InChI is InChI=1S/C28H45F3N4O3/c1-15(7-25-16(2)12-32-33-25)18-5-4-6-20(9-18)35-14-23-22(27(35)38)10-19(11-24(23)28(29,30)31)26(37)34-13-21(36)8-17(34)3/h15-25,32-33,36H,4-14H2,1-3H3/t15-,16?,17-,18?,19?,20?,21+,22?,23?,24?,25?/m1/s1. The number of rotatable bonds is 5. The normalized spacial score (nSPS) is 43.0. The summed E-state index contributed by atoms with van der Waals surface area (Å²) in [7, 11) is 0. The lowest BCUT2D eigenvalue weighted by atomic mass is 9.68. The van der Waals surface area contributed by atoms with Gasteiger partial charge in [0.2, 0.25) is 11.8 Å². The third-order valence-electron chi connectivity index (χ3n) is 10.7. The number of hydrogen-bond donors (Lipinski definition) is 3. The van der Waals surface area contributed by atoms with E-state index in [1.54, 1.807) is 4.90 Å². The predicted octanol–water partition coefficient (Wildman–Crippen LogP) is 3.33. The summed E-state index contributed by atoms with van der Waals surface area (Å²) in [6.45, 7) is 7.61. The van der Waals surface area contributed by atoms with Gasteiger partial charge in [0.1, 0.15) is 0 Å². The van der Waals surface area contributed by atoms with Crippen LogP contribution < -0.4 is 10.9 Å². The van der Waals surface area contributed by atoms with Crippen LogP contribution in [-0.4, -0.2) is 76.8 Å². The summed E-state index contributed by atoms with van der Waals surface area (Å²) in [6, 6.07) is 0.205. The number of aliphatic hydroxyl groups excluding tert-OH is 1. The van der Waals surface area contributed by atoms with Crippen LogP contribution in [0.25, 0.3) is 0 Å². The molecule has 10 heteroatoms. The van der Waals surface area contributed by atoms with Crippen molar-refractivity contribution in [1.29, 1.82) is 0 Å². The molecule has 2 saturated carbocycles. The van der Waals surface area contributed by atoms with Gasteiger partial charge in [0.05, 0.1) is 12.0 Å². The van der Waals surface area contributed by atoms with E-state index in [9.17, 15) is 27.9 Å². The van der Waals surface area contributed by atoms with Crippen LogP contribution in [0.4, 0.5) is 13.2 Å². The maximum atomic E-state index is 14.3. The molecule has 7 nitrogen and oxygen atoms in total. The van der Waals surface area contributed by atoms with Crippen LogP contribution in [0.2, 0.25) is 0 Å². The Morgan fingerprint density at radius 1 is 1.13 bits per heavy atom. The molecule has 3 N–H and O–H groups in total. The summed E-state index contributed by atoms with van der Waals surface area (Å²) in [5, 5.41) is 9.98. The highest BCUT2D eigenvalue weighted by atomic mass is 19.4. The van der Waals surface area contributed by atoms with Gasteiger partial charge in [0, 0.05) is 49.6 Å². The molecular formula is C28H45F3N4O3. The lowest BCUT2D eigenvalue weighted by molar-refractivity contribution is -0.204. The van der Waals surface area contributed by atoms with E-state index < -0.39 is 36.0 Å². The Labute approximate surface area is 224 Å². The Morgan fingerprint density at radius 3 is 2.53 bits per heavy atom. The van der Waals surface area contributed by atoms with E-state index in [1.165, 1.54) is 4.90 Å². The van der Waals surface area contributed by atoms with Crippen LogP contribution in [0.1, 0.15) is 72.1 Å². The number of nitrogens with one attached hydrogen (secondary N) is 2. The molecule has 0 spiro atoms. The van der Waals surface area contributed by atoms with Crippen molar-refractivity contribution < 1.29 is 27.9 Å². The van der Waals surface area contributed by atoms with Gasteiger partial charge in [0.15, 0.2) is 0 Å². The average Bonchev–Trinajstić information content (AvgIpc) is 3.53. The highest BCUT2D eigenvalue weighted by molar-refractivity contribution is 5.85. The first-order valence-electron chi connectivity index (χ1n) is 14.8. The number of fused-ring (bicyclic) bond motifs is 1. The number of β-amino-alcohol motifs (C(OH)–C–C–N with tert-alkyl or cyclic N) is 1. The third kappa shape index (κ3) is 5.46. The number of amides is 2. The predicted molar refractivity (Wildman–Crippen MR) is 136 cm³/mol. The molecule has 216 valence electrons. The van der Waals surface area contributed by atoms with E-state index in [0.717, 1.165) is 38.6 Å². The van der Waals surface area contributed by atoms with Crippen molar-refractivity contribution in [1.82, 2.24) is 20.7 Å². The van der Waals surface area contributed by atoms with Gasteiger partial charge in [-0.2, -0.15) is 13.2 Å². The summed E-state index contributed by atoms with van der Waals surface area (Å²) in [6.07, 6.45) is 0.118. The maximum absolute atomic E-state index is 14.3. The summed E-state index contributed by atoms with van der Waals surface area (Å²) in [4.78, 5) is 30.3. The number of aliphatic hydroxyl groups is 1. The molecule has 2 aliphatic carbocycles. The minimum atomic E-state index is -4.45. The summed E-state index contributed by atoms with van der Waals surface area (Å²) < 4.78 is 42.9. The Bertz CT molecular complexity index is 888. The minimum Gasteiger partial charge on any atom is -0.391 e. The molecule has 11 atom stereocenters. The first kappa shape index (κ1) is 28.1. The van der Waals surface area contributed by atoms with Crippen molar-refractivity contribution >= 4 is 11.8 Å². The van der Waals surface area contributed by atoms with Crippen LogP contribution in [0.15, 0.2) is 0 Å². The Kier molecular flexibility index (Phi) is 8.06. The second kappa shape index (κ2) is 10.9. The van der Waals surface area contributed by atoms with Crippen molar-refractivity contribution in [3.8, 4) is 0 Å². The molecule has 38 heavy (non-hydrogen) atoms. The molecule has 5 rings (SSSR count). The fraction of sp³-hybridized carbons (Fsp3) is 0.929. The smallest absolute Gasteiger partial charge is 0.391 e. The average molecular weight is 543 g/mol. The van der Waals surface area contributed by atoms with Crippen molar-refractivity contribution in [3.63, 3.8) is 0 Å². The van der Waals surface area contributed by atoms with E-state index in [4.69, 9.17) is 0 Å². The zero-order valence-electron chi connectivity index (χ0n) is 22.9. The van der Waals surface area contributed by atoms with E-state index >= 15 is 0 Å². The molecule has 0 bridgehead atoms. The van der Waals surface area contributed by atoms with Gasteiger partial charge in [-0.1, -0.05) is 26.7 Å². The first-order chi connectivity index (χ1) is 17.9. The molecule has 3 heterocycles. The zero-order valence-corrected chi connectivity index (χ0v) is 22.9. The molecule has 0 aromatic heterocycles. The molecule has 0 aromatic rings. The number of likely N-dealkylation sites (tertiary alicyclic amines) is 2. The van der Waals surface area contributed by atoms with E-state index in [2.05, 4.69) is 24.7 Å². The fourth-order valence-electron chi connectivity index (χ4n) is 8.38. The second-order valence-corrected chi connectivity index (χ2v) is 13.2. The maximum Gasteiger partial charge on any atom is 0.392 e. The molecule has 5 fully saturated rings. The molecule has 0 aromatic carbocycles. The van der Waals surface area contributed by atoms with Crippen LogP contribution >= 0.6 is 0 Å². The molecule has 3 saturated heterocycles. The van der Waals surface area contributed by atoms with Gasteiger partial charge in [-0.15, -0.1) is 0 Å². The topological polar surface area (TPSA) is 84.9 Å². The number of nitrogens with zero attached hydrogens (tertiary/aromatic N) is 2. The lowest BCUT2D eigenvalue weighted by Gasteiger charge is -2.39.